The van der Waals surface area contributed by atoms with Gasteiger partial charge in [-0.15, -0.1) is 0 Å². The summed E-state index contributed by atoms with van der Waals surface area (Å²) in [5.74, 6) is -0.685. The highest BCUT2D eigenvalue weighted by molar-refractivity contribution is 7.99. The highest BCUT2D eigenvalue weighted by Gasteiger charge is 2.22. The van der Waals surface area contributed by atoms with Gasteiger partial charge in [0.25, 0.3) is 5.56 Å². The van der Waals surface area contributed by atoms with Crippen LogP contribution in [0, 0.1) is 0 Å². The van der Waals surface area contributed by atoms with Crippen molar-refractivity contribution in [3.05, 3.63) is 64.4 Å². The van der Waals surface area contributed by atoms with Crippen LogP contribution in [0.25, 0.3) is 10.9 Å². The molecule has 0 unspecified atom stereocenters. The molecule has 0 N–H and O–H groups in total. The molecule has 1 amide bonds. The van der Waals surface area contributed by atoms with Crippen molar-refractivity contribution in [3.8, 4) is 0 Å². The van der Waals surface area contributed by atoms with Crippen molar-refractivity contribution in [2.75, 3.05) is 24.3 Å². The van der Waals surface area contributed by atoms with Gasteiger partial charge in [0.2, 0.25) is 5.91 Å². The van der Waals surface area contributed by atoms with Crippen LogP contribution in [-0.4, -0.2) is 46.6 Å². The fourth-order valence-corrected chi connectivity index (χ4v) is 4.47. The van der Waals surface area contributed by atoms with Crippen LogP contribution in [0.3, 0.4) is 0 Å². The number of amides is 1. The summed E-state index contributed by atoms with van der Waals surface area (Å²) in [4.78, 5) is 55.8. The summed E-state index contributed by atoms with van der Waals surface area (Å²) >= 11 is 1.08. The zero-order chi connectivity index (χ0) is 22.7. The molecule has 0 aliphatic carbocycles. The number of anilines is 1. The van der Waals surface area contributed by atoms with Crippen molar-refractivity contribution in [1.29, 1.82) is 0 Å². The van der Waals surface area contributed by atoms with Crippen LogP contribution in [0.4, 0.5) is 5.69 Å². The first-order valence-corrected chi connectivity index (χ1v) is 11.1. The Morgan fingerprint density at radius 3 is 2.69 bits per heavy atom. The van der Waals surface area contributed by atoms with E-state index in [1.807, 2.05) is 6.07 Å². The van der Waals surface area contributed by atoms with E-state index in [9.17, 15) is 19.2 Å². The number of methoxy groups -OCH3 is 1. The van der Waals surface area contributed by atoms with E-state index in [-0.39, 0.29) is 34.7 Å². The average molecular weight is 452 g/mol. The van der Waals surface area contributed by atoms with Gasteiger partial charge in [-0.05, 0) is 30.7 Å². The molecule has 9 heteroatoms. The average Bonchev–Trinajstić information content (AvgIpc) is 3.25. The van der Waals surface area contributed by atoms with Crippen LogP contribution in [0.5, 0.6) is 0 Å². The lowest BCUT2D eigenvalue weighted by atomic mass is 10.1. The number of ketones is 1. The standard InChI is InChI=1S/C23H21N3O5S/c1-31-21(29)13-26-22(30)17-8-2-3-9-18(17)24-23(26)32-14-19(27)15-6-4-7-16(12-15)25-11-5-10-20(25)28/h2-4,6-9,12H,5,10-11,13-14H2,1H3. The Morgan fingerprint density at radius 2 is 1.94 bits per heavy atom. The van der Waals surface area contributed by atoms with Crippen molar-refractivity contribution in [3.63, 3.8) is 0 Å². The largest absolute Gasteiger partial charge is 0.468 e. The predicted octanol–water partition coefficient (Wildman–Crippen LogP) is 2.67. The fraction of sp³-hybridized carbons (Fsp3) is 0.261. The molecule has 1 aliphatic heterocycles. The second-order valence-corrected chi connectivity index (χ2v) is 8.23. The summed E-state index contributed by atoms with van der Waals surface area (Å²) in [6.07, 6.45) is 1.32. The quantitative estimate of drug-likeness (QED) is 0.236. The molecule has 4 rings (SSSR count). The van der Waals surface area contributed by atoms with Gasteiger partial charge in [0, 0.05) is 24.2 Å². The second-order valence-electron chi connectivity index (χ2n) is 7.29. The molecule has 0 saturated carbocycles. The van der Waals surface area contributed by atoms with Crippen LogP contribution in [-0.2, 0) is 20.9 Å². The number of benzene rings is 2. The van der Waals surface area contributed by atoms with Crippen LogP contribution in [0.1, 0.15) is 23.2 Å². The lowest BCUT2D eigenvalue weighted by Gasteiger charge is -2.16. The molecule has 1 fully saturated rings. The van der Waals surface area contributed by atoms with E-state index in [0.717, 1.165) is 18.2 Å². The monoisotopic (exact) mass is 451 g/mol. The van der Waals surface area contributed by atoms with Crippen molar-refractivity contribution in [2.45, 2.75) is 24.5 Å². The maximum Gasteiger partial charge on any atom is 0.325 e. The van der Waals surface area contributed by atoms with Crippen LogP contribution < -0.4 is 10.5 Å². The summed E-state index contributed by atoms with van der Waals surface area (Å²) in [5, 5.41) is 0.647. The van der Waals surface area contributed by atoms with E-state index in [1.54, 1.807) is 47.4 Å². The summed E-state index contributed by atoms with van der Waals surface area (Å²) in [6, 6.07) is 13.8. The Bertz CT molecular complexity index is 1270. The molecule has 0 atom stereocenters. The Morgan fingerprint density at radius 1 is 1.12 bits per heavy atom. The molecular weight excluding hydrogens is 430 g/mol. The molecule has 164 valence electrons. The van der Waals surface area contributed by atoms with Crippen LogP contribution in [0.15, 0.2) is 58.5 Å². The SMILES string of the molecule is COC(=O)Cn1c(SCC(=O)c2cccc(N3CCCC3=O)c2)nc2ccccc2c1=O. The van der Waals surface area contributed by atoms with Gasteiger partial charge in [-0.1, -0.05) is 36.0 Å². The van der Waals surface area contributed by atoms with Gasteiger partial charge in [-0.25, -0.2) is 4.98 Å². The van der Waals surface area contributed by atoms with Gasteiger partial charge in [0.15, 0.2) is 10.9 Å². The fourth-order valence-electron chi connectivity index (χ4n) is 3.57. The van der Waals surface area contributed by atoms with Gasteiger partial charge in [-0.2, -0.15) is 0 Å². The van der Waals surface area contributed by atoms with Gasteiger partial charge in [-0.3, -0.25) is 23.7 Å². The van der Waals surface area contributed by atoms with Gasteiger partial charge in [0.1, 0.15) is 6.54 Å². The van der Waals surface area contributed by atoms with E-state index in [4.69, 9.17) is 4.74 Å². The van der Waals surface area contributed by atoms with Gasteiger partial charge in [0.05, 0.1) is 23.8 Å². The van der Waals surface area contributed by atoms with E-state index < -0.39 is 5.97 Å². The first-order chi connectivity index (χ1) is 15.5. The number of hydrogen-bond donors (Lipinski definition) is 0. The maximum absolute atomic E-state index is 12.9. The number of carbonyl (C=O) groups is 3. The number of rotatable bonds is 7. The number of para-hydroxylation sites is 1. The highest BCUT2D eigenvalue weighted by Crippen LogP contribution is 2.24. The summed E-state index contributed by atoms with van der Waals surface area (Å²) in [7, 11) is 1.25. The normalized spacial score (nSPS) is 13.5. The van der Waals surface area contributed by atoms with E-state index in [1.165, 1.54) is 11.7 Å². The van der Waals surface area contributed by atoms with Gasteiger partial charge < -0.3 is 9.64 Å². The Labute approximate surface area is 188 Å². The topological polar surface area (TPSA) is 98.6 Å². The molecule has 2 aromatic carbocycles. The number of hydrogen-bond acceptors (Lipinski definition) is 7. The number of nitrogens with zero attached hydrogens (tertiary/aromatic N) is 3. The van der Waals surface area contributed by atoms with Crippen molar-refractivity contribution < 1.29 is 19.1 Å². The summed E-state index contributed by atoms with van der Waals surface area (Å²) < 4.78 is 5.93. The van der Waals surface area contributed by atoms with E-state index in [2.05, 4.69) is 4.98 Å². The lowest BCUT2D eigenvalue weighted by molar-refractivity contribution is -0.141. The smallest absolute Gasteiger partial charge is 0.325 e. The zero-order valence-corrected chi connectivity index (χ0v) is 18.3. The third kappa shape index (κ3) is 4.43. The number of ether oxygens (including phenoxy) is 1. The predicted molar refractivity (Wildman–Crippen MR) is 121 cm³/mol. The number of thioether (sulfide) groups is 1. The van der Waals surface area contributed by atoms with Crippen LogP contribution >= 0.6 is 11.8 Å². The lowest BCUT2D eigenvalue weighted by Crippen LogP contribution is -2.27. The second kappa shape index (κ2) is 9.35. The Hall–Kier alpha value is -3.46. The molecule has 1 saturated heterocycles. The van der Waals surface area contributed by atoms with Crippen molar-refractivity contribution in [1.82, 2.24) is 9.55 Å². The number of aromatic nitrogens is 2. The molecule has 0 spiro atoms. The third-order valence-electron chi connectivity index (χ3n) is 5.23. The van der Waals surface area contributed by atoms with Crippen molar-refractivity contribution in [2.24, 2.45) is 0 Å². The summed E-state index contributed by atoms with van der Waals surface area (Å²) in [6.45, 7) is 0.349. The van der Waals surface area contributed by atoms with Crippen LogP contribution in [0.2, 0.25) is 0 Å². The molecule has 32 heavy (non-hydrogen) atoms. The highest BCUT2D eigenvalue weighted by atomic mass is 32.2. The number of fused-ring (bicyclic) bond motifs is 1. The van der Waals surface area contributed by atoms with E-state index >= 15 is 0 Å². The Balaban J connectivity index is 1.59. The van der Waals surface area contributed by atoms with Gasteiger partial charge >= 0.3 is 5.97 Å². The number of esters is 1. The first-order valence-electron chi connectivity index (χ1n) is 10.1. The molecule has 0 radical (unpaired) electrons. The van der Waals surface area contributed by atoms with Crippen molar-refractivity contribution >= 4 is 46.0 Å². The minimum atomic E-state index is -0.583. The molecule has 3 aromatic rings. The zero-order valence-electron chi connectivity index (χ0n) is 17.4. The van der Waals surface area contributed by atoms with E-state index in [0.29, 0.717) is 35.1 Å². The summed E-state index contributed by atoms with van der Waals surface area (Å²) in [5.41, 5.74) is 1.29. The molecule has 8 nitrogen and oxygen atoms in total. The third-order valence-corrected chi connectivity index (χ3v) is 6.20. The number of Topliss-reactive ketones (excluding diaryl/α,β-unsaturated/α-hetero) is 1. The minimum Gasteiger partial charge on any atom is -0.468 e. The molecule has 2 heterocycles. The molecular formula is C23H21N3O5S. The minimum absolute atomic E-state index is 0.0172. The molecule has 0 bridgehead atoms. The molecule has 1 aliphatic rings. The Kier molecular flexibility index (Phi) is 6.36. The number of carbonyl (C=O) groups excluding carboxylic acids is 3. The molecule has 1 aromatic heterocycles. The maximum atomic E-state index is 12.9. The first kappa shape index (κ1) is 21.8.